The monoisotopic (exact) mass is 296 g/mol. The molecule has 0 fully saturated rings. The Bertz CT molecular complexity index is 448. The largest absolute Gasteiger partial charge is 0.497 e. The van der Waals surface area contributed by atoms with Crippen LogP contribution in [0.25, 0.3) is 0 Å². The highest BCUT2D eigenvalue weighted by atomic mass is 32.1. The molecule has 0 atom stereocenters. The van der Waals surface area contributed by atoms with Crippen LogP contribution < -0.4 is 10.5 Å². The lowest BCUT2D eigenvalue weighted by molar-refractivity contribution is -0.135. The van der Waals surface area contributed by atoms with Gasteiger partial charge in [0.25, 0.3) is 0 Å². The van der Waals surface area contributed by atoms with E-state index in [-0.39, 0.29) is 12.5 Å². The number of benzene rings is 1. The van der Waals surface area contributed by atoms with Crippen LogP contribution >= 0.6 is 12.2 Å². The second-order valence-corrected chi connectivity index (χ2v) is 4.84. The highest BCUT2D eigenvalue weighted by Gasteiger charge is 2.14. The van der Waals surface area contributed by atoms with E-state index in [9.17, 15) is 4.79 Å². The number of ether oxygens (including phenoxy) is 2. The van der Waals surface area contributed by atoms with Crippen LogP contribution in [-0.2, 0) is 16.1 Å². The van der Waals surface area contributed by atoms with Gasteiger partial charge in [-0.3, -0.25) is 4.79 Å². The fourth-order valence-corrected chi connectivity index (χ4v) is 1.79. The number of nitrogens with two attached hydrogens (primary N) is 1. The molecule has 6 heteroatoms. The van der Waals surface area contributed by atoms with E-state index >= 15 is 0 Å². The van der Waals surface area contributed by atoms with Crippen LogP contribution in [0.5, 0.6) is 5.75 Å². The molecule has 0 heterocycles. The summed E-state index contributed by atoms with van der Waals surface area (Å²) in [5, 5.41) is 0. The summed E-state index contributed by atoms with van der Waals surface area (Å²) in [7, 11) is 3.11. The number of methoxy groups -OCH3 is 2. The minimum Gasteiger partial charge on any atom is -0.497 e. The van der Waals surface area contributed by atoms with Gasteiger partial charge in [0, 0.05) is 26.6 Å². The normalized spacial score (nSPS) is 10.1. The quantitative estimate of drug-likeness (QED) is 0.734. The molecule has 0 radical (unpaired) electrons. The Kier molecular flexibility index (Phi) is 6.97. The third-order valence-electron chi connectivity index (χ3n) is 2.78. The highest BCUT2D eigenvalue weighted by Crippen LogP contribution is 2.13. The minimum atomic E-state index is -0.0837. The van der Waals surface area contributed by atoms with E-state index in [0.717, 1.165) is 11.3 Å². The Morgan fingerprint density at radius 1 is 1.30 bits per heavy atom. The maximum Gasteiger partial charge on any atom is 0.248 e. The van der Waals surface area contributed by atoms with Gasteiger partial charge in [-0.1, -0.05) is 24.4 Å². The lowest BCUT2D eigenvalue weighted by Crippen LogP contribution is -2.35. The minimum absolute atomic E-state index is 0.0491. The van der Waals surface area contributed by atoms with E-state index < -0.39 is 0 Å². The van der Waals surface area contributed by atoms with Crippen molar-refractivity contribution in [2.24, 2.45) is 5.73 Å². The predicted molar refractivity (Wildman–Crippen MR) is 81.7 cm³/mol. The van der Waals surface area contributed by atoms with Crippen molar-refractivity contribution in [1.82, 2.24) is 4.90 Å². The van der Waals surface area contributed by atoms with Gasteiger partial charge >= 0.3 is 0 Å². The molecule has 0 spiro atoms. The molecular formula is C14H20N2O3S. The average molecular weight is 296 g/mol. The standard InChI is InChI=1S/C14H20N2O3S/c1-18-10-14(17)16(8-7-13(15)20)9-11-3-5-12(19-2)6-4-11/h3-6H,7-10H2,1-2H3,(H2,15,20). The average Bonchev–Trinajstić information content (AvgIpc) is 2.44. The molecule has 0 bridgehead atoms. The number of hydrogen-bond acceptors (Lipinski definition) is 4. The van der Waals surface area contributed by atoms with Crippen LogP contribution in [-0.4, -0.2) is 43.2 Å². The molecular weight excluding hydrogens is 276 g/mol. The van der Waals surface area contributed by atoms with Gasteiger partial charge in [-0.2, -0.15) is 0 Å². The molecule has 20 heavy (non-hydrogen) atoms. The summed E-state index contributed by atoms with van der Waals surface area (Å²) in [5.41, 5.74) is 6.50. The molecule has 0 unspecified atom stereocenters. The molecule has 5 nitrogen and oxygen atoms in total. The number of carbonyl (C=O) groups excluding carboxylic acids is 1. The molecule has 0 aliphatic rings. The Morgan fingerprint density at radius 2 is 1.95 bits per heavy atom. The molecule has 0 aliphatic heterocycles. The third-order valence-corrected chi connectivity index (χ3v) is 2.99. The fourth-order valence-electron chi connectivity index (χ4n) is 1.70. The molecule has 110 valence electrons. The second kappa shape index (κ2) is 8.50. The van der Waals surface area contributed by atoms with Crippen molar-refractivity contribution in [2.45, 2.75) is 13.0 Å². The van der Waals surface area contributed by atoms with E-state index in [0.29, 0.717) is 24.5 Å². The first-order chi connectivity index (χ1) is 9.56. The van der Waals surface area contributed by atoms with Gasteiger partial charge in [-0.15, -0.1) is 0 Å². The third kappa shape index (κ3) is 5.54. The van der Waals surface area contributed by atoms with Crippen LogP contribution in [0.15, 0.2) is 24.3 Å². The Hall–Kier alpha value is -1.66. The van der Waals surface area contributed by atoms with Gasteiger partial charge in [-0.05, 0) is 17.7 Å². The van der Waals surface area contributed by atoms with Gasteiger partial charge in [-0.25, -0.2) is 0 Å². The molecule has 1 aromatic carbocycles. The van der Waals surface area contributed by atoms with Crippen molar-refractivity contribution >= 4 is 23.1 Å². The van der Waals surface area contributed by atoms with Crippen LogP contribution in [0.2, 0.25) is 0 Å². The maximum atomic E-state index is 12.0. The van der Waals surface area contributed by atoms with Crippen molar-refractivity contribution in [1.29, 1.82) is 0 Å². The molecule has 0 saturated carbocycles. The van der Waals surface area contributed by atoms with Crippen LogP contribution in [0.4, 0.5) is 0 Å². The lowest BCUT2D eigenvalue weighted by atomic mass is 10.2. The molecule has 0 saturated heterocycles. The Labute approximate surface area is 124 Å². The van der Waals surface area contributed by atoms with E-state index in [4.69, 9.17) is 27.4 Å². The van der Waals surface area contributed by atoms with Crippen molar-refractivity contribution in [2.75, 3.05) is 27.4 Å². The summed E-state index contributed by atoms with van der Waals surface area (Å²) in [6.45, 7) is 1.03. The van der Waals surface area contributed by atoms with Gasteiger partial charge in [0.15, 0.2) is 0 Å². The van der Waals surface area contributed by atoms with Crippen LogP contribution in [0, 0.1) is 0 Å². The van der Waals surface area contributed by atoms with E-state index in [1.54, 1.807) is 12.0 Å². The predicted octanol–water partition coefficient (Wildman–Crippen LogP) is 1.35. The van der Waals surface area contributed by atoms with E-state index in [2.05, 4.69) is 0 Å². The first-order valence-electron chi connectivity index (χ1n) is 6.24. The summed E-state index contributed by atoms with van der Waals surface area (Å²) in [4.78, 5) is 14.1. The Balaban J connectivity index is 2.70. The summed E-state index contributed by atoms with van der Waals surface area (Å²) < 4.78 is 10.00. The maximum absolute atomic E-state index is 12.0. The van der Waals surface area contributed by atoms with Gasteiger partial charge in [0.05, 0.1) is 12.1 Å². The molecule has 0 aromatic heterocycles. The van der Waals surface area contributed by atoms with Crippen molar-refractivity contribution in [3.63, 3.8) is 0 Å². The van der Waals surface area contributed by atoms with Crippen molar-refractivity contribution in [3.8, 4) is 5.75 Å². The zero-order chi connectivity index (χ0) is 15.0. The van der Waals surface area contributed by atoms with Gasteiger partial charge in [0.1, 0.15) is 12.4 Å². The first-order valence-corrected chi connectivity index (χ1v) is 6.65. The number of hydrogen-bond donors (Lipinski definition) is 1. The van der Waals surface area contributed by atoms with E-state index in [1.807, 2.05) is 24.3 Å². The smallest absolute Gasteiger partial charge is 0.248 e. The highest BCUT2D eigenvalue weighted by molar-refractivity contribution is 7.80. The number of thiocarbonyl (C=S) groups is 1. The number of rotatable bonds is 8. The molecule has 0 aliphatic carbocycles. The Morgan fingerprint density at radius 3 is 2.45 bits per heavy atom. The summed E-state index contributed by atoms with van der Waals surface area (Å²) >= 11 is 4.85. The fraction of sp³-hybridized carbons (Fsp3) is 0.429. The second-order valence-electron chi connectivity index (χ2n) is 4.31. The van der Waals surface area contributed by atoms with Gasteiger partial charge < -0.3 is 20.1 Å². The number of carbonyl (C=O) groups is 1. The summed E-state index contributed by atoms with van der Waals surface area (Å²) in [6, 6.07) is 7.57. The summed E-state index contributed by atoms with van der Waals surface area (Å²) in [5.74, 6) is 0.700. The van der Waals surface area contributed by atoms with Crippen LogP contribution in [0.3, 0.4) is 0 Å². The lowest BCUT2D eigenvalue weighted by Gasteiger charge is -2.22. The zero-order valence-electron chi connectivity index (χ0n) is 11.8. The molecule has 1 rings (SSSR count). The zero-order valence-corrected chi connectivity index (χ0v) is 12.6. The topological polar surface area (TPSA) is 64.8 Å². The summed E-state index contributed by atoms with van der Waals surface area (Å²) in [6.07, 6.45) is 0.501. The number of nitrogens with zero attached hydrogens (tertiary/aromatic N) is 1. The van der Waals surface area contributed by atoms with Crippen molar-refractivity contribution in [3.05, 3.63) is 29.8 Å². The van der Waals surface area contributed by atoms with Gasteiger partial charge in [0.2, 0.25) is 5.91 Å². The molecule has 1 amide bonds. The van der Waals surface area contributed by atoms with E-state index in [1.165, 1.54) is 7.11 Å². The first kappa shape index (κ1) is 16.4. The van der Waals surface area contributed by atoms with Crippen LogP contribution in [0.1, 0.15) is 12.0 Å². The number of amides is 1. The van der Waals surface area contributed by atoms with Crippen molar-refractivity contribution < 1.29 is 14.3 Å². The molecule has 1 aromatic rings. The SMILES string of the molecule is COCC(=O)N(CCC(N)=S)Cc1ccc(OC)cc1. The molecule has 2 N–H and O–H groups in total.